The molecule has 138 valence electrons. The number of benzene rings is 2. The highest BCUT2D eigenvalue weighted by atomic mass is 16.5. The van der Waals surface area contributed by atoms with Gasteiger partial charge in [0.15, 0.2) is 0 Å². The third-order valence-electron chi connectivity index (χ3n) is 4.81. The van der Waals surface area contributed by atoms with Crippen molar-refractivity contribution in [3.63, 3.8) is 0 Å². The first-order chi connectivity index (χ1) is 12.8. The molecule has 1 aliphatic heterocycles. The number of anilines is 1. The summed E-state index contributed by atoms with van der Waals surface area (Å²) in [6, 6.07) is 17.4. The fraction of sp³-hybridized carbons (Fsp3) is 0.409. The van der Waals surface area contributed by atoms with Crippen LogP contribution in [0.4, 0.5) is 5.69 Å². The van der Waals surface area contributed by atoms with Crippen molar-refractivity contribution >= 4 is 11.6 Å². The van der Waals surface area contributed by atoms with E-state index in [1.165, 1.54) is 12.8 Å². The Labute approximate surface area is 156 Å². The molecule has 0 radical (unpaired) electrons. The molecular weight excluding hydrogens is 324 g/mol. The third-order valence-corrected chi connectivity index (χ3v) is 4.81. The first kappa shape index (κ1) is 18.5. The van der Waals surface area contributed by atoms with Crippen LogP contribution in [0.5, 0.6) is 5.75 Å². The van der Waals surface area contributed by atoms with Crippen LogP contribution in [-0.4, -0.2) is 30.5 Å². The molecule has 1 amide bonds. The molecule has 4 nitrogen and oxygen atoms in total. The second-order valence-electron chi connectivity index (χ2n) is 6.68. The number of nitrogens with one attached hydrogen (secondary N) is 1. The number of hydrogen-bond acceptors (Lipinski definition) is 3. The molecule has 1 heterocycles. The van der Waals surface area contributed by atoms with E-state index in [0.717, 1.165) is 37.2 Å². The highest BCUT2D eigenvalue weighted by molar-refractivity contribution is 5.96. The maximum Gasteiger partial charge on any atom is 0.246 e. The molecule has 1 N–H and O–H groups in total. The first-order valence-corrected chi connectivity index (χ1v) is 9.61. The van der Waals surface area contributed by atoms with Crippen molar-refractivity contribution in [2.24, 2.45) is 0 Å². The van der Waals surface area contributed by atoms with Crippen LogP contribution in [0.25, 0.3) is 0 Å². The fourth-order valence-electron chi connectivity index (χ4n) is 3.57. The van der Waals surface area contributed by atoms with Crippen molar-refractivity contribution < 1.29 is 9.53 Å². The van der Waals surface area contributed by atoms with Gasteiger partial charge in [-0.1, -0.05) is 55.3 Å². The Morgan fingerprint density at radius 1 is 1.00 bits per heavy atom. The molecule has 0 spiro atoms. The van der Waals surface area contributed by atoms with E-state index in [1.807, 2.05) is 61.5 Å². The molecule has 0 saturated carbocycles. The van der Waals surface area contributed by atoms with E-state index in [4.69, 9.17) is 4.74 Å². The molecule has 0 bridgehead atoms. The normalized spacial score (nSPS) is 16.5. The molecule has 1 aliphatic rings. The summed E-state index contributed by atoms with van der Waals surface area (Å²) >= 11 is 0. The standard InChI is InChI=1S/C22H28N2O2/c1-2-26-20-15-9-8-14-19(20)23-22(25)21(18-12-6-5-7-13-18)24-16-10-3-4-11-17-24/h5-9,12-15,21H,2-4,10-11,16-17H2,1H3,(H,23,25)/t21-/m0/s1. The van der Waals surface area contributed by atoms with Gasteiger partial charge < -0.3 is 10.1 Å². The molecule has 1 atom stereocenters. The summed E-state index contributed by atoms with van der Waals surface area (Å²) < 4.78 is 5.66. The second kappa shape index (κ2) is 9.39. The van der Waals surface area contributed by atoms with Gasteiger partial charge in [0.25, 0.3) is 0 Å². The zero-order chi connectivity index (χ0) is 18.2. The lowest BCUT2D eigenvalue weighted by Crippen LogP contribution is -2.38. The molecule has 4 heteroatoms. The predicted molar refractivity (Wildman–Crippen MR) is 105 cm³/mol. The molecule has 2 aromatic rings. The lowest BCUT2D eigenvalue weighted by atomic mass is 10.0. The summed E-state index contributed by atoms with van der Waals surface area (Å²) in [6.07, 6.45) is 4.78. The minimum atomic E-state index is -0.274. The molecule has 2 aromatic carbocycles. The van der Waals surface area contributed by atoms with Crippen molar-refractivity contribution in [1.82, 2.24) is 4.90 Å². The van der Waals surface area contributed by atoms with Crippen molar-refractivity contribution in [3.05, 3.63) is 60.2 Å². The molecule has 3 rings (SSSR count). The lowest BCUT2D eigenvalue weighted by molar-refractivity contribution is -0.121. The van der Waals surface area contributed by atoms with Crippen molar-refractivity contribution in [3.8, 4) is 5.75 Å². The summed E-state index contributed by atoms with van der Waals surface area (Å²) in [7, 11) is 0. The Balaban J connectivity index is 1.85. The van der Waals surface area contributed by atoms with E-state index in [1.54, 1.807) is 0 Å². The summed E-state index contributed by atoms with van der Waals surface area (Å²) in [4.78, 5) is 15.6. The smallest absolute Gasteiger partial charge is 0.246 e. The van der Waals surface area contributed by atoms with Crippen LogP contribution >= 0.6 is 0 Å². The number of nitrogens with zero attached hydrogens (tertiary/aromatic N) is 1. The Morgan fingerprint density at radius 3 is 2.35 bits per heavy atom. The minimum absolute atomic E-state index is 0.00486. The van der Waals surface area contributed by atoms with Crippen molar-refractivity contribution in [2.75, 3.05) is 25.0 Å². The van der Waals surface area contributed by atoms with Gasteiger partial charge in [0.05, 0.1) is 12.3 Å². The number of carbonyl (C=O) groups is 1. The predicted octanol–water partition coefficient (Wildman–Crippen LogP) is 4.64. The maximum absolute atomic E-state index is 13.3. The summed E-state index contributed by atoms with van der Waals surface area (Å²) in [5.41, 5.74) is 1.77. The number of hydrogen-bond donors (Lipinski definition) is 1. The summed E-state index contributed by atoms with van der Waals surface area (Å²) in [5, 5.41) is 3.11. The summed E-state index contributed by atoms with van der Waals surface area (Å²) in [6.45, 7) is 4.43. The van der Waals surface area contributed by atoms with E-state index in [-0.39, 0.29) is 11.9 Å². The molecule has 26 heavy (non-hydrogen) atoms. The van der Waals surface area contributed by atoms with Gasteiger partial charge in [0, 0.05) is 0 Å². The van der Waals surface area contributed by atoms with Gasteiger partial charge in [0.2, 0.25) is 5.91 Å². The third kappa shape index (κ3) is 4.64. The minimum Gasteiger partial charge on any atom is -0.492 e. The molecule has 0 aromatic heterocycles. The number of carbonyl (C=O) groups excluding carboxylic acids is 1. The van der Waals surface area contributed by atoms with Crippen LogP contribution in [0, 0.1) is 0 Å². The summed E-state index contributed by atoms with van der Waals surface area (Å²) in [5.74, 6) is 0.719. The Morgan fingerprint density at radius 2 is 1.65 bits per heavy atom. The number of rotatable bonds is 6. The van der Waals surface area contributed by atoms with Crippen LogP contribution in [0.1, 0.15) is 44.2 Å². The number of likely N-dealkylation sites (tertiary alicyclic amines) is 1. The van der Waals surface area contributed by atoms with E-state index in [0.29, 0.717) is 12.4 Å². The average Bonchev–Trinajstić information content (AvgIpc) is 2.94. The average molecular weight is 352 g/mol. The molecule has 1 saturated heterocycles. The van der Waals surface area contributed by atoms with Gasteiger partial charge in [-0.3, -0.25) is 9.69 Å². The molecule has 0 aliphatic carbocycles. The van der Waals surface area contributed by atoms with Crippen molar-refractivity contribution in [1.29, 1.82) is 0 Å². The fourth-order valence-corrected chi connectivity index (χ4v) is 3.57. The van der Waals surface area contributed by atoms with Crippen molar-refractivity contribution in [2.45, 2.75) is 38.6 Å². The number of para-hydroxylation sites is 2. The highest BCUT2D eigenvalue weighted by Gasteiger charge is 2.28. The van der Waals surface area contributed by atoms with Crippen LogP contribution in [0.15, 0.2) is 54.6 Å². The number of amides is 1. The maximum atomic E-state index is 13.3. The van der Waals surface area contributed by atoms with Crippen LogP contribution in [0.2, 0.25) is 0 Å². The first-order valence-electron chi connectivity index (χ1n) is 9.61. The van der Waals surface area contributed by atoms with E-state index in [2.05, 4.69) is 10.2 Å². The van der Waals surface area contributed by atoms with Gasteiger partial charge in [-0.25, -0.2) is 0 Å². The van der Waals surface area contributed by atoms with Gasteiger partial charge in [0.1, 0.15) is 11.8 Å². The highest BCUT2D eigenvalue weighted by Crippen LogP contribution is 2.29. The van der Waals surface area contributed by atoms with E-state index < -0.39 is 0 Å². The Bertz CT molecular complexity index is 694. The second-order valence-corrected chi connectivity index (χ2v) is 6.68. The zero-order valence-corrected chi connectivity index (χ0v) is 15.5. The SMILES string of the molecule is CCOc1ccccc1NC(=O)[C@H](c1ccccc1)N1CCCCCC1. The van der Waals surface area contributed by atoms with Crippen LogP contribution in [-0.2, 0) is 4.79 Å². The van der Waals surface area contributed by atoms with Crippen LogP contribution < -0.4 is 10.1 Å². The largest absolute Gasteiger partial charge is 0.492 e. The zero-order valence-electron chi connectivity index (χ0n) is 15.5. The van der Waals surface area contributed by atoms with Gasteiger partial charge in [-0.2, -0.15) is 0 Å². The van der Waals surface area contributed by atoms with Gasteiger partial charge in [-0.15, -0.1) is 0 Å². The van der Waals surface area contributed by atoms with Gasteiger partial charge in [-0.05, 0) is 50.6 Å². The Kier molecular flexibility index (Phi) is 6.67. The van der Waals surface area contributed by atoms with Crippen LogP contribution in [0.3, 0.4) is 0 Å². The Hall–Kier alpha value is -2.33. The molecule has 0 unspecified atom stereocenters. The van der Waals surface area contributed by atoms with E-state index in [9.17, 15) is 4.79 Å². The monoisotopic (exact) mass is 352 g/mol. The molecular formula is C22H28N2O2. The van der Waals surface area contributed by atoms with Gasteiger partial charge >= 0.3 is 0 Å². The topological polar surface area (TPSA) is 41.6 Å². The lowest BCUT2D eigenvalue weighted by Gasteiger charge is -2.30. The van der Waals surface area contributed by atoms with E-state index >= 15 is 0 Å². The number of ether oxygens (including phenoxy) is 1. The molecule has 1 fully saturated rings. The quantitative estimate of drug-likeness (QED) is 0.823.